The van der Waals surface area contributed by atoms with Gasteiger partial charge in [0.05, 0.1) is 29.8 Å². The van der Waals surface area contributed by atoms with Gasteiger partial charge in [-0.2, -0.15) is 0 Å². The minimum atomic E-state index is 0.106. The van der Waals surface area contributed by atoms with Crippen LogP contribution in [0.2, 0.25) is 0 Å². The average Bonchev–Trinajstić information content (AvgIpc) is 3.33. The summed E-state index contributed by atoms with van der Waals surface area (Å²) in [6.45, 7) is 7.76. The van der Waals surface area contributed by atoms with Gasteiger partial charge in [-0.15, -0.1) is 0 Å². The van der Waals surface area contributed by atoms with Gasteiger partial charge in [0.2, 0.25) is 0 Å². The van der Waals surface area contributed by atoms with Crippen molar-refractivity contribution in [2.75, 3.05) is 19.7 Å². The SMILES string of the molecule is CC(C)N1CCC2(CC1)CC(Cc1cccc(-c3cnc4ccccn34)n1)CO2. The largest absolute Gasteiger partial charge is 0.375 e. The van der Waals surface area contributed by atoms with Crippen LogP contribution in [-0.4, -0.2) is 50.6 Å². The first-order valence-electron chi connectivity index (χ1n) is 10.9. The topological polar surface area (TPSA) is 42.7 Å². The van der Waals surface area contributed by atoms with Crippen LogP contribution in [0.25, 0.3) is 17.0 Å². The first-order valence-corrected chi connectivity index (χ1v) is 10.9. The van der Waals surface area contributed by atoms with Crippen molar-refractivity contribution < 1.29 is 4.74 Å². The highest BCUT2D eigenvalue weighted by Gasteiger charge is 2.42. The first-order chi connectivity index (χ1) is 14.1. The molecule has 0 bridgehead atoms. The molecule has 29 heavy (non-hydrogen) atoms. The Kier molecular flexibility index (Phi) is 4.88. The second kappa shape index (κ2) is 7.54. The second-order valence-corrected chi connectivity index (χ2v) is 8.98. The van der Waals surface area contributed by atoms with Gasteiger partial charge in [0.25, 0.3) is 0 Å². The van der Waals surface area contributed by atoms with E-state index in [1.165, 1.54) is 6.42 Å². The average molecular weight is 391 g/mol. The maximum Gasteiger partial charge on any atom is 0.137 e. The molecular weight excluding hydrogens is 360 g/mol. The number of hydrogen-bond acceptors (Lipinski definition) is 4. The maximum atomic E-state index is 6.39. The Morgan fingerprint density at radius 1 is 1.14 bits per heavy atom. The molecule has 1 spiro atoms. The van der Waals surface area contributed by atoms with E-state index in [0.717, 1.165) is 61.7 Å². The molecule has 3 aromatic heterocycles. The van der Waals surface area contributed by atoms with E-state index in [0.29, 0.717) is 12.0 Å². The zero-order valence-electron chi connectivity index (χ0n) is 17.4. The molecule has 0 N–H and O–H groups in total. The highest BCUT2D eigenvalue weighted by molar-refractivity contribution is 5.60. The standard InChI is InChI=1S/C24H30N4O/c1-18(2)27-12-9-24(10-13-27)15-19(17-29-24)14-20-6-5-7-21(26-20)22-16-25-23-8-3-4-11-28(22)23/h3-8,11,16,18-19H,9-10,12-15,17H2,1-2H3. The van der Waals surface area contributed by atoms with Crippen molar-refractivity contribution in [2.45, 2.75) is 51.2 Å². The summed E-state index contributed by atoms with van der Waals surface area (Å²) < 4.78 is 8.49. The monoisotopic (exact) mass is 390 g/mol. The Morgan fingerprint density at radius 3 is 2.83 bits per heavy atom. The van der Waals surface area contributed by atoms with E-state index < -0.39 is 0 Å². The van der Waals surface area contributed by atoms with Gasteiger partial charge in [-0.05, 0) is 69.7 Å². The Balaban J connectivity index is 1.28. The molecule has 2 saturated heterocycles. The molecule has 0 amide bonds. The fraction of sp³-hybridized carbons (Fsp3) is 0.500. The molecule has 2 aliphatic heterocycles. The highest BCUT2D eigenvalue weighted by Crippen LogP contribution is 2.40. The summed E-state index contributed by atoms with van der Waals surface area (Å²) in [6.07, 6.45) is 8.44. The van der Waals surface area contributed by atoms with Crippen LogP contribution in [0.4, 0.5) is 0 Å². The van der Waals surface area contributed by atoms with Gasteiger partial charge >= 0.3 is 0 Å². The molecule has 152 valence electrons. The van der Waals surface area contributed by atoms with Crippen LogP contribution in [0.1, 0.15) is 38.8 Å². The third-order valence-electron chi connectivity index (χ3n) is 6.71. The molecule has 0 radical (unpaired) electrons. The molecule has 0 saturated carbocycles. The van der Waals surface area contributed by atoms with E-state index in [1.54, 1.807) is 0 Å². The summed E-state index contributed by atoms with van der Waals surface area (Å²) in [5.74, 6) is 0.561. The van der Waals surface area contributed by atoms with Crippen molar-refractivity contribution in [3.8, 4) is 11.4 Å². The van der Waals surface area contributed by atoms with Gasteiger partial charge < -0.3 is 9.64 Å². The quantitative estimate of drug-likeness (QED) is 0.669. The summed E-state index contributed by atoms with van der Waals surface area (Å²) in [4.78, 5) is 12.0. The number of imidazole rings is 1. The Bertz CT molecular complexity index is 987. The smallest absolute Gasteiger partial charge is 0.137 e. The number of rotatable bonds is 4. The van der Waals surface area contributed by atoms with Crippen LogP contribution in [0, 0.1) is 5.92 Å². The van der Waals surface area contributed by atoms with Gasteiger partial charge in [-0.1, -0.05) is 12.1 Å². The molecule has 2 aliphatic rings. The van der Waals surface area contributed by atoms with Crippen LogP contribution >= 0.6 is 0 Å². The van der Waals surface area contributed by atoms with Gasteiger partial charge in [0, 0.05) is 31.0 Å². The number of fused-ring (bicyclic) bond motifs is 1. The summed E-state index contributed by atoms with van der Waals surface area (Å²) in [6, 6.07) is 13.0. The van der Waals surface area contributed by atoms with Crippen molar-refractivity contribution in [3.63, 3.8) is 0 Å². The lowest BCUT2D eigenvalue weighted by atomic mass is 9.84. The Labute approximate surface area is 172 Å². The van der Waals surface area contributed by atoms with E-state index >= 15 is 0 Å². The lowest BCUT2D eigenvalue weighted by molar-refractivity contribution is -0.0485. The van der Waals surface area contributed by atoms with Crippen LogP contribution in [0.15, 0.2) is 48.8 Å². The van der Waals surface area contributed by atoms with Crippen molar-refractivity contribution in [1.29, 1.82) is 0 Å². The number of nitrogens with zero attached hydrogens (tertiary/aromatic N) is 4. The predicted octanol–water partition coefficient (Wildman–Crippen LogP) is 4.22. The molecule has 2 fully saturated rings. The number of hydrogen-bond donors (Lipinski definition) is 0. The fourth-order valence-electron chi connectivity index (χ4n) is 5.02. The summed E-state index contributed by atoms with van der Waals surface area (Å²) in [5.41, 5.74) is 4.24. The van der Waals surface area contributed by atoms with E-state index in [9.17, 15) is 0 Å². The van der Waals surface area contributed by atoms with Crippen molar-refractivity contribution in [1.82, 2.24) is 19.3 Å². The summed E-state index contributed by atoms with van der Waals surface area (Å²) in [7, 11) is 0. The van der Waals surface area contributed by atoms with E-state index in [4.69, 9.17) is 9.72 Å². The molecule has 0 aromatic carbocycles. The predicted molar refractivity (Wildman–Crippen MR) is 115 cm³/mol. The third kappa shape index (κ3) is 3.69. The molecule has 5 heterocycles. The molecule has 5 rings (SSSR count). The van der Waals surface area contributed by atoms with Crippen molar-refractivity contribution in [2.24, 2.45) is 5.92 Å². The van der Waals surface area contributed by atoms with Crippen LogP contribution < -0.4 is 0 Å². The van der Waals surface area contributed by atoms with Gasteiger partial charge in [-0.25, -0.2) is 4.98 Å². The molecule has 0 aliphatic carbocycles. The number of likely N-dealkylation sites (tertiary alicyclic amines) is 1. The van der Waals surface area contributed by atoms with Crippen LogP contribution in [0.3, 0.4) is 0 Å². The normalized spacial score (nSPS) is 22.1. The summed E-state index contributed by atoms with van der Waals surface area (Å²) in [5, 5.41) is 0. The third-order valence-corrected chi connectivity index (χ3v) is 6.71. The first kappa shape index (κ1) is 18.8. The fourth-order valence-corrected chi connectivity index (χ4v) is 5.02. The van der Waals surface area contributed by atoms with E-state index in [2.05, 4.69) is 46.3 Å². The molecule has 5 heteroatoms. The summed E-state index contributed by atoms with van der Waals surface area (Å²) >= 11 is 0. The zero-order valence-corrected chi connectivity index (χ0v) is 17.4. The lowest BCUT2D eigenvalue weighted by Gasteiger charge is -2.40. The van der Waals surface area contributed by atoms with Gasteiger partial charge in [-0.3, -0.25) is 9.38 Å². The zero-order chi connectivity index (χ0) is 19.8. The van der Waals surface area contributed by atoms with Gasteiger partial charge in [0.1, 0.15) is 5.65 Å². The number of piperidine rings is 1. The molecule has 3 aromatic rings. The van der Waals surface area contributed by atoms with E-state index in [-0.39, 0.29) is 5.60 Å². The lowest BCUT2D eigenvalue weighted by Crippen LogP contribution is -2.46. The second-order valence-electron chi connectivity index (χ2n) is 8.98. The van der Waals surface area contributed by atoms with Crippen LogP contribution in [0.5, 0.6) is 0 Å². The maximum absolute atomic E-state index is 6.39. The molecule has 1 unspecified atom stereocenters. The number of ether oxygens (including phenoxy) is 1. The van der Waals surface area contributed by atoms with E-state index in [1.807, 2.05) is 30.6 Å². The minimum absolute atomic E-state index is 0.106. The van der Waals surface area contributed by atoms with Crippen molar-refractivity contribution >= 4 is 5.65 Å². The van der Waals surface area contributed by atoms with Crippen LogP contribution in [-0.2, 0) is 11.2 Å². The Morgan fingerprint density at radius 2 is 2.00 bits per heavy atom. The van der Waals surface area contributed by atoms with Crippen molar-refractivity contribution in [3.05, 3.63) is 54.5 Å². The molecule has 1 atom stereocenters. The molecular formula is C24H30N4O. The molecule has 5 nitrogen and oxygen atoms in total. The minimum Gasteiger partial charge on any atom is -0.375 e. The number of aromatic nitrogens is 3. The van der Waals surface area contributed by atoms with Gasteiger partial charge in [0.15, 0.2) is 0 Å². The number of pyridine rings is 2. The highest BCUT2D eigenvalue weighted by atomic mass is 16.5. The Hall–Kier alpha value is -2.24.